The lowest BCUT2D eigenvalue weighted by atomic mass is 10.2. The fourth-order valence-electron chi connectivity index (χ4n) is 1.89. The molecule has 1 aromatic carbocycles. The van der Waals surface area contributed by atoms with Crippen molar-refractivity contribution in [1.29, 1.82) is 0 Å². The average Bonchev–Trinajstić information content (AvgIpc) is 2.44. The summed E-state index contributed by atoms with van der Waals surface area (Å²) in [5.74, 6) is -0.404. The van der Waals surface area contributed by atoms with E-state index in [9.17, 15) is 9.59 Å². The van der Waals surface area contributed by atoms with E-state index in [1.165, 1.54) is 12.1 Å². The maximum atomic E-state index is 12.0. The molecule has 0 fully saturated rings. The zero-order chi connectivity index (χ0) is 16.0. The van der Waals surface area contributed by atoms with E-state index in [1.54, 1.807) is 4.90 Å². The molecule has 0 aliphatic heterocycles. The van der Waals surface area contributed by atoms with Crippen LogP contribution in [0.1, 0.15) is 30.6 Å². The van der Waals surface area contributed by atoms with Crippen molar-refractivity contribution < 1.29 is 9.59 Å². The minimum Gasteiger partial charge on any atom is -0.399 e. The summed E-state index contributed by atoms with van der Waals surface area (Å²) in [6.45, 7) is 5.36. The fraction of sp³-hybridized carbons (Fsp3) is 0.429. The highest BCUT2D eigenvalue weighted by Crippen LogP contribution is 2.28. The number of carbonyl (C=O) groups is 2. The number of anilines is 1. The minimum absolute atomic E-state index is 0.00277. The number of nitrogens with zero attached hydrogens (tertiary/aromatic N) is 1. The van der Waals surface area contributed by atoms with Crippen LogP contribution >= 0.6 is 23.2 Å². The Morgan fingerprint density at radius 3 is 2.43 bits per heavy atom. The van der Waals surface area contributed by atoms with Crippen molar-refractivity contribution >= 4 is 40.7 Å². The van der Waals surface area contributed by atoms with Crippen molar-refractivity contribution in [3.8, 4) is 0 Å². The molecule has 21 heavy (non-hydrogen) atoms. The van der Waals surface area contributed by atoms with E-state index >= 15 is 0 Å². The molecule has 0 bridgehead atoms. The topological polar surface area (TPSA) is 75.4 Å². The molecule has 116 valence electrons. The summed E-state index contributed by atoms with van der Waals surface area (Å²) >= 11 is 11.8. The van der Waals surface area contributed by atoms with Gasteiger partial charge in [-0.25, -0.2) is 0 Å². The lowest BCUT2D eigenvalue weighted by Gasteiger charge is -2.18. The second-order valence-electron chi connectivity index (χ2n) is 4.44. The Hall–Kier alpha value is -1.46. The van der Waals surface area contributed by atoms with Gasteiger partial charge in [-0.05, 0) is 26.0 Å². The Morgan fingerprint density at radius 1 is 1.24 bits per heavy atom. The molecule has 0 aromatic heterocycles. The van der Waals surface area contributed by atoms with Crippen LogP contribution in [-0.4, -0.2) is 36.3 Å². The van der Waals surface area contributed by atoms with Gasteiger partial charge in [-0.1, -0.05) is 23.2 Å². The van der Waals surface area contributed by atoms with Gasteiger partial charge in [0.1, 0.15) is 0 Å². The molecule has 0 radical (unpaired) electrons. The number of hydrogen-bond donors (Lipinski definition) is 2. The van der Waals surface area contributed by atoms with Gasteiger partial charge in [-0.3, -0.25) is 9.59 Å². The molecule has 1 rings (SSSR count). The summed E-state index contributed by atoms with van der Waals surface area (Å²) in [6, 6.07) is 2.93. The van der Waals surface area contributed by atoms with E-state index in [4.69, 9.17) is 28.9 Å². The third kappa shape index (κ3) is 4.79. The third-order valence-corrected chi connectivity index (χ3v) is 3.84. The largest absolute Gasteiger partial charge is 0.399 e. The van der Waals surface area contributed by atoms with Crippen LogP contribution < -0.4 is 11.1 Å². The first-order valence-corrected chi connectivity index (χ1v) is 7.46. The van der Waals surface area contributed by atoms with Crippen LogP contribution in [0.5, 0.6) is 0 Å². The predicted molar refractivity (Wildman–Crippen MR) is 85.8 cm³/mol. The highest BCUT2D eigenvalue weighted by atomic mass is 35.5. The van der Waals surface area contributed by atoms with Gasteiger partial charge in [0.2, 0.25) is 5.91 Å². The summed E-state index contributed by atoms with van der Waals surface area (Å²) in [7, 11) is 0. The van der Waals surface area contributed by atoms with Crippen LogP contribution in [0.25, 0.3) is 0 Å². The van der Waals surface area contributed by atoms with Crippen molar-refractivity contribution in [2.75, 3.05) is 25.4 Å². The molecular formula is C14H19Cl2N3O2. The van der Waals surface area contributed by atoms with Gasteiger partial charge in [0.15, 0.2) is 0 Å². The standard InChI is InChI=1S/C14H19Cl2N3O2/c1-3-19(4-2)12(20)5-6-18-14(21)10-7-9(17)8-11(15)13(10)16/h7-8H,3-6,17H2,1-2H3,(H,18,21). The van der Waals surface area contributed by atoms with Gasteiger partial charge in [0, 0.05) is 31.7 Å². The second-order valence-corrected chi connectivity index (χ2v) is 5.22. The van der Waals surface area contributed by atoms with Gasteiger partial charge in [-0.15, -0.1) is 0 Å². The van der Waals surface area contributed by atoms with E-state index in [2.05, 4.69) is 5.32 Å². The van der Waals surface area contributed by atoms with Gasteiger partial charge < -0.3 is 16.0 Å². The van der Waals surface area contributed by atoms with Crippen LogP contribution in [0.15, 0.2) is 12.1 Å². The SMILES string of the molecule is CCN(CC)C(=O)CCNC(=O)c1cc(N)cc(Cl)c1Cl. The number of halogens is 2. The van der Waals surface area contributed by atoms with Gasteiger partial charge in [0.05, 0.1) is 15.6 Å². The molecule has 0 spiro atoms. The smallest absolute Gasteiger partial charge is 0.252 e. The van der Waals surface area contributed by atoms with E-state index < -0.39 is 5.91 Å². The van der Waals surface area contributed by atoms with E-state index in [0.717, 1.165) is 0 Å². The van der Waals surface area contributed by atoms with Gasteiger partial charge in [-0.2, -0.15) is 0 Å². The normalized spacial score (nSPS) is 10.3. The van der Waals surface area contributed by atoms with Crippen LogP contribution in [-0.2, 0) is 4.79 Å². The quantitative estimate of drug-likeness (QED) is 0.786. The fourth-order valence-corrected chi connectivity index (χ4v) is 2.31. The molecule has 1 aromatic rings. The zero-order valence-corrected chi connectivity index (χ0v) is 13.6. The maximum absolute atomic E-state index is 12.0. The number of nitrogen functional groups attached to an aromatic ring is 1. The number of hydrogen-bond acceptors (Lipinski definition) is 3. The second kappa shape index (κ2) is 8.10. The molecule has 2 amide bonds. The average molecular weight is 332 g/mol. The first kappa shape index (κ1) is 17.6. The highest BCUT2D eigenvalue weighted by molar-refractivity contribution is 6.44. The summed E-state index contributed by atoms with van der Waals surface area (Å²) in [5.41, 5.74) is 6.20. The predicted octanol–water partition coefficient (Wildman–Crippen LogP) is 2.56. The summed E-state index contributed by atoms with van der Waals surface area (Å²) in [4.78, 5) is 25.5. The van der Waals surface area contributed by atoms with Crippen LogP contribution in [0, 0.1) is 0 Å². The van der Waals surface area contributed by atoms with Crippen LogP contribution in [0.3, 0.4) is 0 Å². The lowest BCUT2D eigenvalue weighted by Crippen LogP contribution is -2.34. The molecule has 0 heterocycles. The third-order valence-electron chi connectivity index (χ3n) is 3.04. The molecule has 0 aliphatic carbocycles. The number of carbonyl (C=O) groups excluding carboxylic acids is 2. The monoisotopic (exact) mass is 331 g/mol. The van der Waals surface area contributed by atoms with Crippen molar-refractivity contribution in [3.05, 3.63) is 27.7 Å². The summed E-state index contributed by atoms with van der Waals surface area (Å²) in [6.07, 6.45) is 0.237. The Bertz CT molecular complexity index is 531. The number of nitrogens with two attached hydrogens (primary N) is 1. The first-order valence-electron chi connectivity index (χ1n) is 6.71. The molecule has 5 nitrogen and oxygen atoms in total. The molecule has 3 N–H and O–H groups in total. The summed E-state index contributed by atoms with van der Waals surface area (Å²) in [5, 5.41) is 3.02. The summed E-state index contributed by atoms with van der Waals surface area (Å²) < 4.78 is 0. The number of rotatable bonds is 6. The molecule has 7 heteroatoms. The van der Waals surface area contributed by atoms with E-state index in [1.807, 2.05) is 13.8 Å². The molecule has 0 saturated carbocycles. The van der Waals surface area contributed by atoms with Crippen molar-refractivity contribution in [3.63, 3.8) is 0 Å². The Labute approximate surface area is 134 Å². The van der Waals surface area contributed by atoms with Crippen LogP contribution in [0.2, 0.25) is 10.0 Å². The molecular weight excluding hydrogens is 313 g/mol. The van der Waals surface area contributed by atoms with Crippen LogP contribution in [0.4, 0.5) is 5.69 Å². The Kier molecular flexibility index (Phi) is 6.78. The molecule has 0 aliphatic rings. The number of amides is 2. The van der Waals surface area contributed by atoms with Gasteiger partial charge >= 0.3 is 0 Å². The van der Waals surface area contributed by atoms with E-state index in [0.29, 0.717) is 18.8 Å². The van der Waals surface area contributed by atoms with E-state index in [-0.39, 0.29) is 34.5 Å². The maximum Gasteiger partial charge on any atom is 0.252 e. The Balaban J connectivity index is 2.61. The number of benzene rings is 1. The Morgan fingerprint density at radius 2 is 1.86 bits per heavy atom. The van der Waals surface area contributed by atoms with Crippen molar-refractivity contribution in [2.45, 2.75) is 20.3 Å². The van der Waals surface area contributed by atoms with Crippen molar-refractivity contribution in [2.24, 2.45) is 0 Å². The zero-order valence-electron chi connectivity index (χ0n) is 12.1. The van der Waals surface area contributed by atoms with Gasteiger partial charge in [0.25, 0.3) is 5.91 Å². The molecule has 0 atom stereocenters. The molecule has 0 saturated heterocycles. The first-order chi connectivity index (χ1) is 9.90. The molecule has 0 unspecified atom stereocenters. The number of nitrogens with one attached hydrogen (secondary N) is 1. The highest BCUT2D eigenvalue weighted by Gasteiger charge is 2.15. The lowest BCUT2D eigenvalue weighted by molar-refractivity contribution is -0.130. The minimum atomic E-state index is -0.401. The van der Waals surface area contributed by atoms with Crippen molar-refractivity contribution in [1.82, 2.24) is 10.2 Å².